The third-order valence-corrected chi connectivity index (χ3v) is 5.12. The van der Waals surface area contributed by atoms with Crippen molar-refractivity contribution in [2.24, 2.45) is 0 Å². The number of nitrogens with zero attached hydrogens (tertiary/aromatic N) is 4. The summed E-state index contributed by atoms with van der Waals surface area (Å²) in [6, 6.07) is 11.7. The maximum atomic E-state index is 13.6. The molecular weight excluding hydrogens is 423 g/mol. The fraction of sp³-hybridized carbons (Fsp3) is 0.250. The number of aryl methyl sites for hydroxylation is 2. The molecule has 0 aliphatic rings. The van der Waals surface area contributed by atoms with Crippen LogP contribution in [0.25, 0.3) is 5.69 Å². The molecule has 0 spiro atoms. The minimum absolute atomic E-state index is 0.0337. The summed E-state index contributed by atoms with van der Waals surface area (Å²) in [7, 11) is 0. The Hall–Kier alpha value is -3.47. The molecule has 0 radical (unpaired) electrons. The van der Waals surface area contributed by atoms with E-state index >= 15 is 0 Å². The number of halogens is 1. The van der Waals surface area contributed by atoms with Gasteiger partial charge < -0.3 is 4.74 Å². The third-order valence-electron chi connectivity index (χ3n) is 4.20. The molecule has 0 aliphatic carbocycles. The first-order valence-electron chi connectivity index (χ1n) is 9.34. The van der Waals surface area contributed by atoms with Crippen molar-refractivity contribution in [3.05, 3.63) is 59.4 Å². The number of hydrogen-bond donors (Lipinski definition) is 2. The number of para-hydroxylation sites is 1. The predicted octanol–water partition coefficient (Wildman–Crippen LogP) is 2.13. The van der Waals surface area contributed by atoms with E-state index in [0.29, 0.717) is 5.16 Å². The number of hydrazine groups is 1. The molecule has 162 valence electrons. The first-order valence-corrected chi connectivity index (χ1v) is 10.3. The molecule has 0 saturated carbocycles. The number of nitrogens with one attached hydrogen (secondary N) is 2. The number of aromatic nitrogens is 4. The summed E-state index contributed by atoms with van der Waals surface area (Å²) in [5, 5.41) is 12.1. The first-order chi connectivity index (χ1) is 14.8. The second-order valence-corrected chi connectivity index (χ2v) is 7.62. The van der Waals surface area contributed by atoms with E-state index in [0.717, 1.165) is 28.6 Å². The van der Waals surface area contributed by atoms with Crippen molar-refractivity contribution in [2.45, 2.75) is 32.0 Å². The molecule has 0 aliphatic heterocycles. The van der Waals surface area contributed by atoms with E-state index in [1.807, 2.05) is 32.0 Å². The van der Waals surface area contributed by atoms with Gasteiger partial charge in [-0.05, 0) is 60.5 Å². The van der Waals surface area contributed by atoms with Crippen LogP contribution >= 0.6 is 11.8 Å². The van der Waals surface area contributed by atoms with Crippen LogP contribution in [0.4, 0.5) is 4.39 Å². The minimum atomic E-state index is -1.01. The fourth-order valence-electron chi connectivity index (χ4n) is 2.55. The second kappa shape index (κ2) is 10.0. The molecule has 0 bridgehead atoms. The van der Waals surface area contributed by atoms with Gasteiger partial charge in [0.05, 0.1) is 11.4 Å². The summed E-state index contributed by atoms with van der Waals surface area (Å²) < 4.78 is 20.4. The molecule has 11 heteroatoms. The summed E-state index contributed by atoms with van der Waals surface area (Å²) in [6.45, 7) is 5.35. The van der Waals surface area contributed by atoms with E-state index in [9.17, 15) is 14.0 Å². The average molecular weight is 444 g/mol. The van der Waals surface area contributed by atoms with E-state index in [1.54, 1.807) is 10.7 Å². The first kappa shape index (κ1) is 22.2. The highest BCUT2D eigenvalue weighted by atomic mass is 32.2. The van der Waals surface area contributed by atoms with Gasteiger partial charge in [-0.25, -0.2) is 4.39 Å². The van der Waals surface area contributed by atoms with Crippen LogP contribution in [-0.2, 0) is 9.59 Å². The normalized spacial score (nSPS) is 11.6. The molecule has 31 heavy (non-hydrogen) atoms. The predicted molar refractivity (Wildman–Crippen MR) is 112 cm³/mol. The molecule has 3 aromatic rings. The van der Waals surface area contributed by atoms with Crippen LogP contribution in [-0.4, -0.2) is 43.9 Å². The zero-order chi connectivity index (χ0) is 22.4. The number of thioether (sulfide) groups is 1. The average Bonchev–Trinajstić information content (AvgIpc) is 3.22. The number of carbonyl (C=O) groups is 2. The highest BCUT2D eigenvalue weighted by Crippen LogP contribution is 2.21. The number of benzene rings is 2. The highest BCUT2D eigenvalue weighted by molar-refractivity contribution is 7.99. The van der Waals surface area contributed by atoms with Crippen LogP contribution in [0.1, 0.15) is 18.1 Å². The molecule has 2 aromatic carbocycles. The lowest BCUT2D eigenvalue weighted by molar-refractivity contribution is -0.132. The summed E-state index contributed by atoms with van der Waals surface area (Å²) >= 11 is 1.12. The van der Waals surface area contributed by atoms with Gasteiger partial charge in [0, 0.05) is 0 Å². The quantitative estimate of drug-likeness (QED) is 0.424. The molecular formula is C20H21FN6O3S. The van der Waals surface area contributed by atoms with Gasteiger partial charge >= 0.3 is 0 Å². The van der Waals surface area contributed by atoms with Crippen LogP contribution in [0.5, 0.6) is 5.75 Å². The molecule has 0 unspecified atom stereocenters. The fourth-order valence-corrected chi connectivity index (χ4v) is 3.23. The van der Waals surface area contributed by atoms with Crippen LogP contribution in [0.3, 0.4) is 0 Å². The van der Waals surface area contributed by atoms with Gasteiger partial charge in [0.1, 0.15) is 0 Å². The maximum Gasteiger partial charge on any atom is 0.279 e. The summed E-state index contributed by atoms with van der Waals surface area (Å²) in [5.74, 6) is -1.75. The van der Waals surface area contributed by atoms with Crippen LogP contribution in [0.2, 0.25) is 0 Å². The standard InChI is InChI=1S/C20H21FN6O3S/c1-12-8-9-13(2)16(10-12)27-20(24-25-26-27)31-11-18(28)22-23-19(29)14(3)30-17-7-5-4-6-15(17)21/h4-10,14H,11H2,1-3H3,(H,22,28)(H,23,29)/t14-/m1/s1. The van der Waals surface area contributed by atoms with Crippen molar-refractivity contribution in [3.63, 3.8) is 0 Å². The van der Waals surface area contributed by atoms with E-state index in [2.05, 4.69) is 26.4 Å². The van der Waals surface area contributed by atoms with Gasteiger partial charge in [0.2, 0.25) is 11.1 Å². The summed E-state index contributed by atoms with van der Waals surface area (Å²) in [4.78, 5) is 24.2. The third kappa shape index (κ3) is 5.79. The van der Waals surface area contributed by atoms with Gasteiger partial charge in [0.15, 0.2) is 17.7 Å². The van der Waals surface area contributed by atoms with Crippen molar-refractivity contribution in [3.8, 4) is 11.4 Å². The number of rotatable bonds is 7. The number of tetrazole rings is 1. The SMILES string of the molecule is Cc1ccc(C)c(-n2nnnc2SCC(=O)NNC(=O)[C@@H](C)Oc2ccccc2F)c1. The van der Waals surface area contributed by atoms with E-state index in [-0.39, 0.29) is 11.5 Å². The molecule has 2 N–H and O–H groups in total. The maximum absolute atomic E-state index is 13.6. The van der Waals surface area contributed by atoms with E-state index in [1.165, 1.54) is 25.1 Å². The highest BCUT2D eigenvalue weighted by Gasteiger charge is 2.18. The Balaban J connectivity index is 1.51. The molecule has 3 rings (SSSR count). The Bertz CT molecular complexity index is 1090. The Kier molecular flexibility index (Phi) is 7.19. The second-order valence-electron chi connectivity index (χ2n) is 6.68. The zero-order valence-corrected chi connectivity index (χ0v) is 17.9. The van der Waals surface area contributed by atoms with Crippen molar-refractivity contribution in [2.75, 3.05) is 5.75 Å². The largest absolute Gasteiger partial charge is 0.478 e. The molecule has 9 nitrogen and oxygen atoms in total. The van der Waals surface area contributed by atoms with Crippen molar-refractivity contribution in [1.29, 1.82) is 0 Å². The Morgan fingerprint density at radius 2 is 1.97 bits per heavy atom. The van der Waals surface area contributed by atoms with Crippen LogP contribution < -0.4 is 15.6 Å². The van der Waals surface area contributed by atoms with Crippen molar-refractivity contribution >= 4 is 23.6 Å². The van der Waals surface area contributed by atoms with Gasteiger partial charge in [-0.15, -0.1) is 5.10 Å². The number of ether oxygens (including phenoxy) is 1. The molecule has 0 fully saturated rings. The van der Waals surface area contributed by atoms with Crippen molar-refractivity contribution < 1.29 is 18.7 Å². The van der Waals surface area contributed by atoms with Crippen LogP contribution in [0.15, 0.2) is 47.6 Å². The number of hydrogen-bond acceptors (Lipinski definition) is 7. The lowest BCUT2D eigenvalue weighted by atomic mass is 10.1. The number of amides is 2. The smallest absolute Gasteiger partial charge is 0.279 e. The van der Waals surface area contributed by atoms with Crippen LogP contribution in [0, 0.1) is 19.7 Å². The minimum Gasteiger partial charge on any atom is -0.478 e. The lowest BCUT2D eigenvalue weighted by Gasteiger charge is -2.15. The lowest BCUT2D eigenvalue weighted by Crippen LogP contribution is -2.47. The monoisotopic (exact) mass is 444 g/mol. The summed E-state index contributed by atoms with van der Waals surface area (Å²) in [5.41, 5.74) is 7.41. The Labute approximate surface area is 182 Å². The van der Waals surface area contributed by atoms with Gasteiger partial charge in [-0.2, -0.15) is 4.68 Å². The number of carbonyl (C=O) groups excluding carboxylic acids is 2. The van der Waals surface area contributed by atoms with E-state index in [4.69, 9.17) is 4.74 Å². The van der Waals surface area contributed by atoms with Gasteiger partial charge in [-0.1, -0.05) is 36.0 Å². The summed E-state index contributed by atoms with van der Waals surface area (Å²) in [6.07, 6.45) is -1.01. The Morgan fingerprint density at radius 1 is 1.19 bits per heavy atom. The molecule has 1 aromatic heterocycles. The molecule has 0 saturated heterocycles. The van der Waals surface area contributed by atoms with E-state index < -0.39 is 23.7 Å². The Morgan fingerprint density at radius 3 is 2.74 bits per heavy atom. The zero-order valence-electron chi connectivity index (χ0n) is 17.1. The molecule has 1 heterocycles. The van der Waals surface area contributed by atoms with Gasteiger partial charge in [-0.3, -0.25) is 20.4 Å². The van der Waals surface area contributed by atoms with Gasteiger partial charge in [0.25, 0.3) is 5.91 Å². The van der Waals surface area contributed by atoms with Crippen molar-refractivity contribution in [1.82, 2.24) is 31.1 Å². The molecule has 1 atom stereocenters. The molecule has 2 amide bonds. The topological polar surface area (TPSA) is 111 Å².